The van der Waals surface area contributed by atoms with Gasteiger partial charge in [-0.25, -0.2) is 9.18 Å². The van der Waals surface area contributed by atoms with Crippen molar-refractivity contribution < 1.29 is 23.8 Å². The van der Waals surface area contributed by atoms with Crippen molar-refractivity contribution in [3.8, 4) is 5.75 Å². The van der Waals surface area contributed by atoms with Crippen molar-refractivity contribution in [2.75, 3.05) is 19.7 Å². The summed E-state index contributed by atoms with van der Waals surface area (Å²) < 4.78 is 19.0. The molecule has 1 fully saturated rings. The zero-order valence-corrected chi connectivity index (χ0v) is 14.2. The van der Waals surface area contributed by atoms with Crippen molar-refractivity contribution in [2.45, 2.75) is 18.8 Å². The highest BCUT2D eigenvalue weighted by molar-refractivity contribution is 5.94. The number of likely N-dealkylation sites (tertiary alicyclic amines) is 1. The van der Waals surface area contributed by atoms with Gasteiger partial charge in [0.2, 0.25) is 0 Å². The summed E-state index contributed by atoms with van der Waals surface area (Å²) in [5.74, 6) is -0.784. The Morgan fingerprint density at radius 2 is 1.73 bits per heavy atom. The van der Waals surface area contributed by atoms with Crippen LogP contribution in [0.2, 0.25) is 0 Å². The van der Waals surface area contributed by atoms with Gasteiger partial charge in [0.05, 0.1) is 0 Å². The molecule has 0 aliphatic carbocycles. The van der Waals surface area contributed by atoms with Gasteiger partial charge in [-0.15, -0.1) is 0 Å². The standard InChI is InChI=1S/C20H20FNO4/c21-18-4-2-1-3-17(18)14-9-11-22(12-10-14)20(25)15-5-7-16(8-6-15)26-13-19(23)24/h1-8,14H,9-13H2,(H,23,24). The Labute approximate surface area is 151 Å². The average Bonchev–Trinajstić information content (AvgIpc) is 2.67. The van der Waals surface area contributed by atoms with E-state index in [1.807, 2.05) is 12.1 Å². The third kappa shape index (κ3) is 4.20. The number of benzene rings is 2. The minimum atomic E-state index is -1.05. The number of halogens is 1. The summed E-state index contributed by atoms with van der Waals surface area (Å²) in [6.07, 6.45) is 1.46. The Kier molecular flexibility index (Phi) is 5.51. The summed E-state index contributed by atoms with van der Waals surface area (Å²) in [5, 5.41) is 8.60. The first kappa shape index (κ1) is 17.9. The number of carboxylic acids is 1. The number of carboxylic acid groups (broad SMARTS) is 1. The van der Waals surface area contributed by atoms with Crippen LogP contribution in [-0.4, -0.2) is 41.6 Å². The van der Waals surface area contributed by atoms with Crippen LogP contribution in [0.4, 0.5) is 4.39 Å². The van der Waals surface area contributed by atoms with Crippen molar-refractivity contribution in [2.24, 2.45) is 0 Å². The monoisotopic (exact) mass is 357 g/mol. The second-order valence-electron chi connectivity index (χ2n) is 6.29. The molecular weight excluding hydrogens is 337 g/mol. The van der Waals surface area contributed by atoms with Crippen LogP contribution in [0.15, 0.2) is 48.5 Å². The van der Waals surface area contributed by atoms with E-state index in [9.17, 15) is 14.0 Å². The first-order chi connectivity index (χ1) is 12.5. The van der Waals surface area contributed by atoms with E-state index in [1.54, 1.807) is 35.2 Å². The Bertz CT molecular complexity index is 783. The van der Waals surface area contributed by atoms with Gasteiger partial charge in [0, 0.05) is 18.7 Å². The minimum absolute atomic E-state index is 0.0817. The van der Waals surface area contributed by atoms with E-state index in [1.165, 1.54) is 6.07 Å². The largest absolute Gasteiger partial charge is 0.482 e. The summed E-state index contributed by atoms with van der Waals surface area (Å²) in [6, 6.07) is 13.2. The molecule has 26 heavy (non-hydrogen) atoms. The topological polar surface area (TPSA) is 66.8 Å². The van der Waals surface area contributed by atoms with Gasteiger partial charge in [-0.05, 0) is 54.7 Å². The van der Waals surface area contributed by atoms with Gasteiger partial charge in [-0.1, -0.05) is 18.2 Å². The molecular formula is C20H20FNO4. The van der Waals surface area contributed by atoms with Crippen LogP contribution in [0, 0.1) is 5.82 Å². The number of carbonyl (C=O) groups excluding carboxylic acids is 1. The number of hydrogen-bond acceptors (Lipinski definition) is 3. The zero-order valence-electron chi connectivity index (χ0n) is 14.2. The third-order valence-electron chi connectivity index (χ3n) is 4.59. The normalized spacial score (nSPS) is 14.9. The molecule has 1 heterocycles. The molecule has 0 atom stereocenters. The Morgan fingerprint density at radius 3 is 2.35 bits per heavy atom. The predicted octanol–water partition coefficient (Wildman–Crippen LogP) is 3.31. The highest BCUT2D eigenvalue weighted by Gasteiger charge is 2.25. The second-order valence-corrected chi connectivity index (χ2v) is 6.29. The van der Waals surface area contributed by atoms with Crippen molar-refractivity contribution in [3.63, 3.8) is 0 Å². The van der Waals surface area contributed by atoms with Gasteiger partial charge in [-0.2, -0.15) is 0 Å². The second kappa shape index (κ2) is 7.99. The van der Waals surface area contributed by atoms with Crippen LogP contribution in [0.5, 0.6) is 5.75 Å². The van der Waals surface area contributed by atoms with Gasteiger partial charge < -0.3 is 14.7 Å². The van der Waals surface area contributed by atoms with Crippen LogP contribution in [-0.2, 0) is 4.79 Å². The predicted molar refractivity (Wildman–Crippen MR) is 93.9 cm³/mol. The lowest BCUT2D eigenvalue weighted by Crippen LogP contribution is -2.38. The smallest absolute Gasteiger partial charge is 0.341 e. The highest BCUT2D eigenvalue weighted by atomic mass is 19.1. The number of nitrogens with zero attached hydrogens (tertiary/aromatic N) is 1. The maximum Gasteiger partial charge on any atom is 0.341 e. The number of hydrogen-bond donors (Lipinski definition) is 1. The average molecular weight is 357 g/mol. The molecule has 1 aliphatic rings. The number of piperidine rings is 1. The lowest BCUT2D eigenvalue weighted by Gasteiger charge is -2.32. The first-order valence-electron chi connectivity index (χ1n) is 8.53. The molecule has 0 bridgehead atoms. The molecule has 2 aromatic rings. The van der Waals surface area contributed by atoms with Crippen LogP contribution < -0.4 is 4.74 Å². The van der Waals surface area contributed by atoms with Crippen molar-refractivity contribution in [3.05, 3.63) is 65.5 Å². The number of ether oxygens (including phenoxy) is 1. The maximum absolute atomic E-state index is 13.9. The Balaban J connectivity index is 1.58. The van der Waals surface area contributed by atoms with E-state index in [0.29, 0.717) is 24.4 Å². The fraction of sp³-hybridized carbons (Fsp3) is 0.300. The van der Waals surface area contributed by atoms with E-state index in [4.69, 9.17) is 9.84 Å². The quantitative estimate of drug-likeness (QED) is 0.892. The number of aliphatic carboxylic acids is 1. The molecule has 136 valence electrons. The first-order valence-corrected chi connectivity index (χ1v) is 8.53. The molecule has 0 saturated carbocycles. The highest BCUT2D eigenvalue weighted by Crippen LogP contribution is 2.30. The van der Waals surface area contributed by atoms with E-state index in [2.05, 4.69) is 0 Å². The summed E-state index contributed by atoms with van der Waals surface area (Å²) in [6.45, 7) is 0.737. The summed E-state index contributed by atoms with van der Waals surface area (Å²) in [5.41, 5.74) is 1.25. The number of amides is 1. The lowest BCUT2D eigenvalue weighted by atomic mass is 9.89. The molecule has 2 aromatic carbocycles. The molecule has 0 radical (unpaired) electrons. The summed E-state index contributed by atoms with van der Waals surface area (Å²) >= 11 is 0. The van der Waals surface area contributed by atoms with Crippen molar-refractivity contribution >= 4 is 11.9 Å². The Morgan fingerprint density at radius 1 is 1.08 bits per heavy atom. The van der Waals surface area contributed by atoms with Crippen LogP contribution in [0.25, 0.3) is 0 Å². The fourth-order valence-electron chi connectivity index (χ4n) is 3.22. The molecule has 5 nitrogen and oxygen atoms in total. The molecule has 0 aromatic heterocycles. The molecule has 1 amide bonds. The number of carbonyl (C=O) groups is 2. The van der Waals surface area contributed by atoms with Gasteiger partial charge in [0.25, 0.3) is 5.91 Å². The van der Waals surface area contributed by atoms with Crippen LogP contribution in [0.1, 0.15) is 34.7 Å². The van der Waals surface area contributed by atoms with Gasteiger partial charge >= 0.3 is 5.97 Å². The molecule has 1 aliphatic heterocycles. The minimum Gasteiger partial charge on any atom is -0.482 e. The van der Waals surface area contributed by atoms with E-state index < -0.39 is 12.6 Å². The third-order valence-corrected chi connectivity index (χ3v) is 4.59. The van der Waals surface area contributed by atoms with Crippen molar-refractivity contribution in [1.82, 2.24) is 4.90 Å². The van der Waals surface area contributed by atoms with E-state index >= 15 is 0 Å². The van der Waals surface area contributed by atoms with E-state index in [0.717, 1.165) is 18.4 Å². The SMILES string of the molecule is O=C(O)COc1ccc(C(=O)N2CCC(c3ccccc3F)CC2)cc1. The maximum atomic E-state index is 13.9. The van der Waals surface area contributed by atoms with Gasteiger partial charge in [-0.3, -0.25) is 4.79 Å². The fourth-order valence-corrected chi connectivity index (χ4v) is 3.22. The molecule has 0 unspecified atom stereocenters. The molecule has 1 saturated heterocycles. The van der Waals surface area contributed by atoms with Crippen LogP contribution >= 0.6 is 0 Å². The molecule has 1 N–H and O–H groups in total. The zero-order chi connectivity index (χ0) is 18.5. The summed E-state index contributed by atoms with van der Waals surface area (Å²) in [4.78, 5) is 24.9. The molecule has 6 heteroatoms. The van der Waals surface area contributed by atoms with Crippen molar-refractivity contribution in [1.29, 1.82) is 0 Å². The molecule has 3 rings (SSSR count). The summed E-state index contributed by atoms with van der Waals surface area (Å²) in [7, 11) is 0. The van der Waals surface area contributed by atoms with Gasteiger partial charge in [0.1, 0.15) is 11.6 Å². The Hall–Kier alpha value is -2.89. The lowest BCUT2D eigenvalue weighted by molar-refractivity contribution is -0.139. The number of rotatable bonds is 5. The van der Waals surface area contributed by atoms with Crippen LogP contribution in [0.3, 0.4) is 0 Å². The molecule has 0 spiro atoms. The van der Waals surface area contributed by atoms with Gasteiger partial charge in [0.15, 0.2) is 6.61 Å². The van der Waals surface area contributed by atoms with E-state index in [-0.39, 0.29) is 17.6 Å².